The highest BCUT2D eigenvalue weighted by atomic mass is 31.2. The molecule has 0 fully saturated rings. The first-order chi connectivity index (χ1) is 11.0. The zero-order chi connectivity index (χ0) is 18.1. The van der Waals surface area contributed by atoms with Crippen LogP contribution in [-0.2, 0) is 10.7 Å². The second kappa shape index (κ2) is 6.23. The first-order valence-corrected chi connectivity index (χ1v) is 7.95. The van der Waals surface area contributed by atoms with Gasteiger partial charge in [0.2, 0.25) is 0 Å². The summed E-state index contributed by atoms with van der Waals surface area (Å²) >= 11 is 0. The van der Waals surface area contributed by atoms with Crippen LogP contribution >= 0.6 is 7.60 Å². The smallest absolute Gasteiger partial charge is 0.368 e. The first-order valence-electron chi connectivity index (χ1n) is 6.15. The fourth-order valence-electron chi connectivity index (χ4n) is 1.90. The lowest BCUT2D eigenvalue weighted by molar-refractivity contribution is -0.384. The molecule has 24 heavy (non-hydrogen) atoms. The van der Waals surface area contributed by atoms with Crippen LogP contribution in [0, 0.1) is 10.1 Å². The maximum absolute atomic E-state index is 13.2. The van der Waals surface area contributed by atoms with E-state index in [1.807, 2.05) is 0 Å². The molecule has 1 aromatic carbocycles. The molecule has 9 nitrogen and oxygen atoms in total. The number of aromatic nitrogens is 2. The van der Waals surface area contributed by atoms with Crippen molar-refractivity contribution in [3.63, 3.8) is 0 Å². The second-order valence-corrected chi connectivity index (χ2v) is 6.26. The Morgan fingerprint density at radius 2 is 2.04 bits per heavy atom. The van der Waals surface area contributed by atoms with Crippen molar-refractivity contribution in [2.24, 2.45) is 0 Å². The molecule has 0 unspecified atom stereocenters. The van der Waals surface area contributed by atoms with Crippen LogP contribution in [0.2, 0.25) is 0 Å². The van der Waals surface area contributed by atoms with Gasteiger partial charge >= 0.3 is 13.8 Å². The number of anilines is 1. The van der Waals surface area contributed by atoms with E-state index >= 15 is 0 Å². The minimum Gasteiger partial charge on any atom is -0.368 e. The molecule has 1 aromatic heterocycles. The van der Waals surface area contributed by atoms with E-state index in [4.69, 9.17) is 9.79 Å². The van der Waals surface area contributed by atoms with Crippen molar-refractivity contribution < 1.29 is 32.4 Å². The van der Waals surface area contributed by atoms with Crippen molar-refractivity contribution in [2.75, 3.05) is 11.6 Å². The second-order valence-electron chi connectivity index (χ2n) is 4.61. The number of nitrogens with zero attached hydrogens (tertiary/aromatic N) is 3. The van der Waals surface area contributed by atoms with Crippen LogP contribution in [0.5, 0.6) is 0 Å². The highest BCUT2D eigenvalue weighted by Crippen LogP contribution is 2.41. The molecule has 0 saturated heterocycles. The third-order valence-electron chi connectivity index (χ3n) is 2.87. The Morgan fingerprint density at radius 3 is 2.50 bits per heavy atom. The third-order valence-corrected chi connectivity index (χ3v) is 3.44. The van der Waals surface area contributed by atoms with E-state index in [-0.39, 0.29) is 0 Å². The Kier molecular flexibility index (Phi) is 4.65. The van der Waals surface area contributed by atoms with Crippen LogP contribution < -0.4 is 5.32 Å². The Labute approximate surface area is 132 Å². The number of hydrogen-bond donors (Lipinski definition) is 3. The quantitative estimate of drug-likeness (QED) is 0.421. The number of nitro benzene ring substituents is 1. The minimum absolute atomic E-state index is 0.303. The number of rotatable bonds is 5. The van der Waals surface area contributed by atoms with E-state index in [1.165, 1.54) is 12.4 Å². The predicted octanol–water partition coefficient (Wildman–Crippen LogP) is 2.35. The summed E-state index contributed by atoms with van der Waals surface area (Å²) < 4.78 is 51.4. The number of halogens is 3. The summed E-state index contributed by atoms with van der Waals surface area (Å²) in [5, 5.41) is 13.1. The van der Waals surface area contributed by atoms with Crippen LogP contribution in [0.4, 0.5) is 24.5 Å². The first kappa shape index (κ1) is 17.9. The molecule has 0 aliphatic rings. The van der Waals surface area contributed by atoms with Crippen LogP contribution in [0.25, 0.3) is 5.69 Å². The van der Waals surface area contributed by atoms with Gasteiger partial charge in [-0.25, -0.2) is 4.98 Å². The summed E-state index contributed by atoms with van der Waals surface area (Å²) in [6, 6.07) is 1.09. The molecular formula is C11H10F3N4O5P. The SMILES string of the molecule is O=[N+]([O-])c1cc(C(F)(F)F)c(-n2ccnc2)cc1NCP(=O)(O)O. The molecule has 0 radical (unpaired) electrons. The van der Waals surface area contributed by atoms with Crippen LogP contribution in [0.15, 0.2) is 30.9 Å². The molecule has 0 aliphatic heterocycles. The maximum Gasteiger partial charge on any atom is 0.418 e. The van der Waals surface area contributed by atoms with Gasteiger partial charge in [0, 0.05) is 18.5 Å². The van der Waals surface area contributed by atoms with Crippen LogP contribution in [0.3, 0.4) is 0 Å². The zero-order valence-electron chi connectivity index (χ0n) is 11.6. The Balaban J connectivity index is 2.64. The van der Waals surface area contributed by atoms with Crippen LogP contribution in [0.1, 0.15) is 5.56 Å². The van der Waals surface area contributed by atoms with E-state index < -0.39 is 47.6 Å². The molecule has 2 aromatic rings. The van der Waals surface area contributed by atoms with Crippen molar-refractivity contribution in [3.05, 3.63) is 46.5 Å². The summed E-state index contributed by atoms with van der Waals surface area (Å²) in [7, 11) is -4.58. The van der Waals surface area contributed by atoms with Crippen molar-refractivity contribution in [2.45, 2.75) is 6.18 Å². The van der Waals surface area contributed by atoms with Gasteiger partial charge in [-0.15, -0.1) is 0 Å². The summed E-state index contributed by atoms with van der Waals surface area (Å²) in [6.45, 7) is 0. The topological polar surface area (TPSA) is 131 Å². The standard InChI is InChI=1S/C11H10F3N4O5P/c12-11(13,14)7-3-10(18(19)20)8(16-6-24(21,22)23)4-9(7)17-2-1-15-5-17/h1-5,16H,6H2,(H2,21,22,23). The van der Waals surface area contributed by atoms with Gasteiger partial charge in [0.25, 0.3) is 5.69 Å². The molecule has 0 bridgehead atoms. The average Bonchev–Trinajstić information content (AvgIpc) is 2.96. The van der Waals surface area contributed by atoms with Crippen molar-refractivity contribution >= 4 is 19.0 Å². The zero-order valence-corrected chi connectivity index (χ0v) is 12.5. The van der Waals surface area contributed by atoms with Gasteiger partial charge in [0.1, 0.15) is 12.0 Å². The van der Waals surface area contributed by atoms with Gasteiger partial charge in [-0.1, -0.05) is 0 Å². The fraction of sp³-hybridized carbons (Fsp3) is 0.182. The molecule has 13 heteroatoms. The Morgan fingerprint density at radius 1 is 1.38 bits per heavy atom. The van der Waals surface area contributed by atoms with E-state index in [1.54, 1.807) is 0 Å². The summed E-state index contributed by atoms with van der Waals surface area (Å²) in [5.74, 6) is 0. The van der Waals surface area contributed by atoms with E-state index in [9.17, 15) is 27.9 Å². The minimum atomic E-state index is -4.88. The highest BCUT2D eigenvalue weighted by molar-refractivity contribution is 7.51. The van der Waals surface area contributed by atoms with E-state index in [0.29, 0.717) is 6.07 Å². The van der Waals surface area contributed by atoms with Crippen molar-refractivity contribution in [1.29, 1.82) is 0 Å². The summed E-state index contributed by atoms with van der Waals surface area (Å²) in [5.41, 5.74) is -3.17. The molecule has 3 N–H and O–H groups in total. The Hall–Kier alpha value is -2.43. The van der Waals surface area contributed by atoms with Crippen LogP contribution in [-0.4, -0.2) is 30.5 Å². The number of alkyl halides is 3. The predicted molar refractivity (Wildman–Crippen MR) is 75.8 cm³/mol. The number of hydrogen-bond acceptors (Lipinski definition) is 5. The van der Waals surface area contributed by atoms with Gasteiger partial charge in [-0.2, -0.15) is 13.2 Å². The average molecular weight is 366 g/mol. The number of nitrogens with one attached hydrogen (secondary N) is 1. The molecule has 2 rings (SSSR count). The molecule has 0 atom stereocenters. The normalized spacial score (nSPS) is 12.2. The number of nitro groups is 1. The monoisotopic (exact) mass is 366 g/mol. The largest absolute Gasteiger partial charge is 0.418 e. The fourth-order valence-corrected chi connectivity index (χ4v) is 2.28. The van der Waals surface area contributed by atoms with Crippen molar-refractivity contribution in [3.8, 4) is 5.69 Å². The molecule has 0 spiro atoms. The number of imidazole rings is 1. The molecule has 1 heterocycles. The van der Waals surface area contributed by atoms with Crippen molar-refractivity contribution in [1.82, 2.24) is 9.55 Å². The van der Waals surface area contributed by atoms with E-state index in [2.05, 4.69) is 10.3 Å². The maximum atomic E-state index is 13.2. The lowest BCUT2D eigenvalue weighted by Gasteiger charge is -2.16. The molecule has 0 aliphatic carbocycles. The van der Waals surface area contributed by atoms with Gasteiger partial charge < -0.3 is 19.7 Å². The van der Waals surface area contributed by atoms with Gasteiger partial charge in [0.15, 0.2) is 0 Å². The molecule has 130 valence electrons. The van der Waals surface area contributed by atoms with Gasteiger partial charge in [-0.05, 0) is 6.07 Å². The van der Waals surface area contributed by atoms with Gasteiger partial charge in [-0.3, -0.25) is 14.7 Å². The highest BCUT2D eigenvalue weighted by Gasteiger charge is 2.37. The lowest BCUT2D eigenvalue weighted by atomic mass is 10.1. The third kappa shape index (κ3) is 4.10. The lowest BCUT2D eigenvalue weighted by Crippen LogP contribution is -2.13. The Bertz CT molecular complexity index is 803. The van der Waals surface area contributed by atoms with E-state index in [0.717, 1.165) is 17.0 Å². The van der Waals surface area contributed by atoms with Gasteiger partial charge in [0.05, 0.1) is 22.5 Å². The molecule has 0 amide bonds. The summed E-state index contributed by atoms with van der Waals surface area (Å²) in [4.78, 5) is 31.2. The summed E-state index contributed by atoms with van der Waals surface area (Å²) in [6.07, 6.45) is -2.38. The molecular weight excluding hydrogens is 356 g/mol. The number of benzene rings is 1. The molecule has 0 saturated carbocycles.